The van der Waals surface area contributed by atoms with Crippen LogP contribution in [0.3, 0.4) is 0 Å². The molecule has 3 N–H and O–H groups in total. The number of H-pyrrole nitrogens is 2. The van der Waals surface area contributed by atoms with Crippen LogP contribution >= 0.6 is 0 Å². The van der Waals surface area contributed by atoms with Gasteiger partial charge in [-0.3, -0.25) is 4.79 Å². The summed E-state index contributed by atoms with van der Waals surface area (Å²) in [6.45, 7) is 0.486. The molecule has 4 rings (SSSR count). The molecule has 1 amide bonds. The van der Waals surface area contributed by atoms with Gasteiger partial charge < -0.3 is 10.3 Å². The van der Waals surface area contributed by atoms with E-state index < -0.39 is 0 Å². The number of fused-ring (bicyclic) bond motifs is 2. The summed E-state index contributed by atoms with van der Waals surface area (Å²) in [7, 11) is 0. The Hall–Kier alpha value is -3.22. The number of carbonyl (C=O) groups excluding carboxylic acids is 1. The first-order chi connectivity index (χ1) is 11.7. The van der Waals surface area contributed by atoms with Crippen molar-refractivity contribution in [2.75, 3.05) is 6.54 Å². The molecule has 2 aromatic heterocycles. The van der Waals surface area contributed by atoms with Gasteiger partial charge in [0.1, 0.15) is 16.9 Å². The van der Waals surface area contributed by atoms with E-state index in [4.69, 9.17) is 0 Å². The molecule has 120 valence electrons. The second-order valence-corrected chi connectivity index (χ2v) is 5.54. The Balaban J connectivity index is 1.43. The number of carbonyl (C=O) groups is 1. The molecular weight excluding hydrogens is 309 g/mol. The van der Waals surface area contributed by atoms with Gasteiger partial charge in [-0.1, -0.05) is 0 Å². The molecule has 0 saturated heterocycles. The van der Waals surface area contributed by atoms with E-state index in [0.717, 1.165) is 22.0 Å². The third-order valence-electron chi connectivity index (χ3n) is 3.99. The molecule has 2 heterocycles. The number of aromatic nitrogens is 4. The summed E-state index contributed by atoms with van der Waals surface area (Å²) in [5.41, 5.74) is 3.71. The van der Waals surface area contributed by atoms with Gasteiger partial charge in [-0.05, 0) is 48.4 Å². The largest absolute Gasteiger partial charge is 0.361 e. The minimum absolute atomic E-state index is 0.161. The quantitative estimate of drug-likeness (QED) is 0.539. The molecule has 0 unspecified atom stereocenters. The predicted octanol–water partition coefficient (Wildman–Crippen LogP) is 2.55. The summed E-state index contributed by atoms with van der Waals surface area (Å²) < 4.78 is 13.2. The Bertz CT molecular complexity index is 1040. The molecule has 24 heavy (non-hydrogen) atoms. The Morgan fingerprint density at radius 1 is 1.12 bits per heavy atom. The Labute approximate surface area is 136 Å². The lowest BCUT2D eigenvalue weighted by molar-refractivity contribution is 0.0954. The van der Waals surface area contributed by atoms with Crippen LogP contribution < -0.4 is 5.32 Å². The van der Waals surface area contributed by atoms with Gasteiger partial charge >= 0.3 is 0 Å². The van der Waals surface area contributed by atoms with Crippen molar-refractivity contribution >= 4 is 27.8 Å². The number of hydrogen-bond acceptors (Lipinski definition) is 3. The van der Waals surface area contributed by atoms with Crippen molar-refractivity contribution in [3.05, 3.63) is 59.5 Å². The number of rotatable bonds is 4. The standard InChI is InChI=1S/C17H14FN5O/c18-12-2-3-13-11(9-20-15(13)8-12)5-6-19-17(24)10-1-4-14-16(7-10)22-23-21-14/h1-4,7-9,20H,5-6H2,(H,19,24)(H,21,22,23). The molecule has 2 aromatic carbocycles. The van der Waals surface area contributed by atoms with Crippen LogP contribution in [-0.2, 0) is 6.42 Å². The van der Waals surface area contributed by atoms with E-state index >= 15 is 0 Å². The van der Waals surface area contributed by atoms with E-state index in [1.807, 2.05) is 6.20 Å². The third kappa shape index (κ3) is 2.60. The van der Waals surface area contributed by atoms with E-state index in [0.29, 0.717) is 24.0 Å². The van der Waals surface area contributed by atoms with Crippen LogP contribution in [0.15, 0.2) is 42.6 Å². The number of benzene rings is 2. The first-order valence-corrected chi connectivity index (χ1v) is 7.55. The van der Waals surface area contributed by atoms with Gasteiger partial charge in [-0.2, -0.15) is 15.4 Å². The summed E-state index contributed by atoms with van der Waals surface area (Å²) in [4.78, 5) is 15.3. The highest BCUT2D eigenvalue weighted by Gasteiger charge is 2.09. The minimum atomic E-state index is -0.271. The lowest BCUT2D eigenvalue weighted by atomic mass is 10.1. The Kier molecular flexibility index (Phi) is 3.45. The molecule has 0 bridgehead atoms. The lowest BCUT2D eigenvalue weighted by Gasteiger charge is -2.05. The van der Waals surface area contributed by atoms with Crippen LogP contribution in [0, 0.1) is 5.82 Å². The summed E-state index contributed by atoms with van der Waals surface area (Å²) in [6.07, 6.45) is 2.50. The fourth-order valence-corrected chi connectivity index (χ4v) is 2.76. The van der Waals surface area contributed by atoms with E-state index in [1.165, 1.54) is 12.1 Å². The smallest absolute Gasteiger partial charge is 0.251 e. The lowest BCUT2D eigenvalue weighted by Crippen LogP contribution is -2.25. The number of amides is 1. The number of hydrogen-bond donors (Lipinski definition) is 3. The van der Waals surface area contributed by atoms with Gasteiger partial charge in [0, 0.05) is 29.2 Å². The molecule has 0 radical (unpaired) electrons. The number of nitrogens with zero attached hydrogens (tertiary/aromatic N) is 2. The first kappa shape index (κ1) is 14.4. The van der Waals surface area contributed by atoms with Crippen molar-refractivity contribution in [2.45, 2.75) is 6.42 Å². The van der Waals surface area contributed by atoms with E-state index in [2.05, 4.69) is 25.7 Å². The van der Waals surface area contributed by atoms with Crippen molar-refractivity contribution in [1.82, 2.24) is 25.7 Å². The number of nitrogens with one attached hydrogen (secondary N) is 3. The second kappa shape index (κ2) is 5.77. The third-order valence-corrected chi connectivity index (χ3v) is 3.99. The first-order valence-electron chi connectivity index (χ1n) is 7.55. The van der Waals surface area contributed by atoms with Crippen molar-refractivity contribution in [2.24, 2.45) is 0 Å². The average molecular weight is 323 g/mol. The molecule has 0 aliphatic carbocycles. The summed E-state index contributed by atoms with van der Waals surface area (Å²) in [6, 6.07) is 9.81. The molecule has 0 aliphatic rings. The van der Waals surface area contributed by atoms with Crippen molar-refractivity contribution < 1.29 is 9.18 Å². The Morgan fingerprint density at radius 3 is 2.92 bits per heavy atom. The van der Waals surface area contributed by atoms with E-state index in [1.54, 1.807) is 24.3 Å². The Morgan fingerprint density at radius 2 is 2.00 bits per heavy atom. The molecule has 4 aromatic rings. The number of halogens is 1. The van der Waals surface area contributed by atoms with Gasteiger partial charge in [0.05, 0.1) is 0 Å². The van der Waals surface area contributed by atoms with Crippen LogP contribution in [0.1, 0.15) is 15.9 Å². The summed E-state index contributed by atoms with van der Waals surface area (Å²) in [5, 5.41) is 14.3. The van der Waals surface area contributed by atoms with Crippen LogP contribution in [0.4, 0.5) is 4.39 Å². The molecule has 0 fully saturated rings. The van der Waals surface area contributed by atoms with Crippen molar-refractivity contribution in [3.63, 3.8) is 0 Å². The highest BCUT2D eigenvalue weighted by atomic mass is 19.1. The maximum absolute atomic E-state index is 13.2. The van der Waals surface area contributed by atoms with Crippen LogP contribution in [-0.4, -0.2) is 32.8 Å². The van der Waals surface area contributed by atoms with Gasteiger partial charge in [0.15, 0.2) is 0 Å². The number of aromatic amines is 2. The molecule has 0 saturated carbocycles. The normalized spacial score (nSPS) is 11.2. The van der Waals surface area contributed by atoms with E-state index in [-0.39, 0.29) is 11.7 Å². The predicted molar refractivity (Wildman–Crippen MR) is 88.2 cm³/mol. The minimum Gasteiger partial charge on any atom is -0.361 e. The zero-order valence-corrected chi connectivity index (χ0v) is 12.6. The highest BCUT2D eigenvalue weighted by molar-refractivity contribution is 5.97. The van der Waals surface area contributed by atoms with Crippen molar-refractivity contribution in [1.29, 1.82) is 0 Å². The van der Waals surface area contributed by atoms with Gasteiger partial charge in [-0.25, -0.2) is 4.39 Å². The SMILES string of the molecule is O=C(NCCc1c[nH]c2cc(F)ccc12)c1ccc2n[nH]nc2c1. The molecule has 0 aliphatic heterocycles. The molecule has 7 heteroatoms. The van der Waals surface area contributed by atoms with Crippen molar-refractivity contribution in [3.8, 4) is 0 Å². The van der Waals surface area contributed by atoms with Crippen LogP contribution in [0.2, 0.25) is 0 Å². The van der Waals surface area contributed by atoms with E-state index in [9.17, 15) is 9.18 Å². The van der Waals surface area contributed by atoms with Crippen LogP contribution in [0.5, 0.6) is 0 Å². The maximum Gasteiger partial charge on any atom is 0.251 e. The molecular formula is C17H14FN5O. The van der Waals surface area contributed by atoms with Gasteiger partial charge in [0.25, 0.3) is 5.91 Å². The fraction of sp³-hybridized carbons (Fsp3) is 0.118. The molecule has 0 spiro atoms. The second-order valence-electron chi connectivity index (χ2n) is 5.54. The summed E-state index contributed by atoms with van der Waals surface area (Å²) >= 11 is 0. The monoisotopic (exact) mass is 323 g/mol. The molecule has 6 nitrogen and oxygen atoms in total. The van der Waals surface area contributed by atoms with Gasteiger partial charge in [0.2, 0.25) is 0 Å². The molecule has 0 atom stereocenters. The average Bonchev–Trinajstić information content (AvgIpc) is 3.20. The maximum atomic E-state index is 13.2. The zero-order chi connectivity index (χ0) is 16.5. The summed E-state index contributed by atoms with van der Waals surface area (Å²) in [5.74, 6) is -0.432. The van der Waals surface area contributed by atoms with Gasteiger partial charge in [-0.15, -0.1) is 0 Å². The zero-order valence-electron chi connectivity index (χ0n) is 12.6. The topological polar surface area (TPSA) is 86.5 Å². The fourth-order valence-electron chi connectivity index (χ4n) is 2.76. The highest BCUT2D eigenvalue weighted by Crippen LogP contribution is 2.19. The van der Waals surface area contributed by atoms with Crippen LogP contribution in [0.25, 0.3) is 21.9 Å².